The van der Waals surface area contributed by atoms with E-state index in [0.717, 1.165) is 47.4 Å². The van der Waals surface area contributed by atoms with Gasteiger partial charge in [0.15, 0.2) is 17.1 Å². The number of hydrogen-bond acceptors (Lipinski definition) is 6. The number of rotatable bonds is 7. The van der Waals surface area contributed by atoms with Gasteiger partial charge in [-0.05, 0) is 55.3 Å². The summed E-state index contributed by atoms with van der Waals surface area (Å²) in [7, 11) is 0. The summed E-state index contributed by atoms with van der Waals surface area (Å²) in [6.07, 6.45) is 9.53. The molecule has 33 heavy (non-hydrogen) atoms. The van der Waals surface area contributed by atoms with Gasteiger partial charge in [0.1, 0.15) is 15.8 Å². The van der Waals surface area contributed by atoms with Gasteiger partial charge in [0.2, 0.25) is 11.1 Å². The van der Waals surface area contributed by atoms with Crippen molar-refractivity contribution in [2.24, 2.45) is 5.16 Å². The highest BCUT2D eigenvalue weighted by atomic mass is 35.5. The predicted molar refractivity (Wildman–Crippen MR) is 130 cm³/mol. The van der Waals surface area contributed by atoms with E-state index in [1.54, 1.807) is 0 Å². The van der Waals surface area contributed by atoms with Gasteiger partial charge in [0.25, 0.3) is 0 Å². The smallest absolute Gasteiger partial charge is 0.221 e. The minimum absolute atomic E-state index is 0.00242. The molecule has 0 bridgehead atoms. The third-order valence-electron chi connectivity index (χ3n) is 5.80. The first-order chi connectivity index (χ1) is 15.7. The normalized spacial score (nSPS) is 19.4. The summed E-state index contributed by atoms with van der Waals surface area (Å²) in [5.74, 6) is 2.39. The number of terminal acetylenes is 1. The fourth-order valence-electron chi connectivity index (χ4n) is 4.16. The third kappa shape index (κ3) is 4.67. The topological polar surface area (TPSA) is 80.9 Å². The Morgan fingerprint density at radius 1 is 1.18 bits per heavy atom. The Balaban J connectivity index is 1.57. The number of carbonyl (C=O) groups excluding carboxylic acids is 2. The van der Waals surface area contributed by atoms with Crippen molar-refractivity contribution in [2.75, 3.05) is 6.54 Å². The fraction of sp³-hybridized carbons (Fsp3) is 0.435. The van der Waals surface area contributed by atoms with Gasteiger partial charge in [-0.25, -0.2) is 0 Å². The van der Waals surface area contributed by atoms with Crippen LogP contribution in [0.4, 0.5) is 0 Å². The van der Waals surface area contributed by atoms with Gasteiger partial charge < -0.3 is 14.6 Å². The van der Waals surface area contributed by atoms with E-state index < -0.39 is 5.60 Å². The monoisotopic (exact) mass is 526 g/mol. The van der Waals surface area contributed by atoms with E-state index in [9.17, 15) is 9.59 Å². The van der Waals surface area contributed by atoms with Gasteiger partial charge in [-0.15, -0.1) is 17.8 Å². The van der Waals surface area contributed by atoms with E-state index in [1.807, 2.05) is 6.92 Å². The molecular formula is C23H21Cl3N2O4S. The molecule has 2 aliphatic rings. The Hall–Kier alpha value is -1.98. The maximum absolute atomic E-state index is 13.0. The van der Waals surface area contributed by atoms with Crippen LogP contribution in [0.1, 0.15) is 70.5 Å². The lowest BCUT2D eigenvalue weighted by molar-refractivity contribution is -0.120. The summed E-state index contributed by atoms with van der Waals surface area (Å²) in [5, 5.41) is 7.26. The number of Topliss-reactive ketones (excluding diaryl/α,β-unsaturated/α-hetero) is 1. The zero-order chi connectivity index (χ0) is 23.8. The second kappa shape index (κ2) is 9.71. The van der Waals surface area contributed by atoms with Crippen LogP contribution in [0.25, 0.3) is 0 Å². The van der Waals surface area contributed by atoms with Gasteiger partial charge in [-0.2, -0.15) is 0 Å². The number of nitrogens with one attached hydrogen (secondary N) is 1. The van der Waals surface area contributed by atoms with Crippen molar-refractivity contribution in [3.05, 3.63) is 41.9 Å². The second-order valence-corrected chi connectivity index (χ2v) is 10.3. The molecule has 1 amide bonds. The first kappa shape index (κ1) is 24.2. The highest BCUT2D eigenvalue weighted by Gasteiger charge is 2.44. The number of carbonyl (C=O) groups is 2. The number of thiophene rings is 1. The average molecular weight is 528 g/mol. The molecule has 3 heterocycles. The number of halogens is 3. The second-order valence-electron chi connectivity index (χ2n) is 8.20. The van der Waals surface area contributed by atoms with Gasteiger partial charge in [-0.1, -0.05) is 34.3 Å². The molecule has 1 aliphatic heterocycles. The summed E-state index contributed by atoms with van der Waals surface area (Å²) < 4.78 is 5.56. The molecule has 0 saturated heterocycles. The van der Waals surface area contributed by atoms with Crippen LogP contribution in [0.3, 0.4) is 0 Å². The van der Waals surface area contributed by atoms with Crippen LogP contribution in [0.2, 0.25) is 15.3 Å². The maximum Gasteiger partial charge on any atom is 0.221 e. The summed E-state index contributed by atoms with van der Waals surface area (Å²) in [4.78, 5) is 32.3. The molecule has 2 aromatic heterocycles. The Bertz CT molecular complexity index is 1190. The number of ketones is 1. The van der Waals surface area contributed by atoms with E-state index in [-0.39, 0.29) is 46.3 Å². The largest absolute Gasteiger partial charge is 0.442 e. The van der Waals surface area contributed by atoms with Crippen molar-refractivity contribution < 1.29 is 18.8 Å². The highest BCUT2D eigenvalue weighted by molar-refractivity contribution is 7.16. The molecule has 6 nitrogen and oxygen atoms in total. The first-order valence-electron chi connectivity index (χ1n) is 10.5. The van der Waals surface area contributed by atoms with E-state index in [4.69, 9.17) is 50.5 Å². The van der Waals surface area contributed by atoms with Crippen molar-refractivity contribution >= 4 is 63.5 Å². The Morgan fingerprint density at radius 2 is 1.91 bits per heavy atom. The van der Waals surface area contributed by atoms with E-state index in [2.05, 4.69) is 16.4 Å². The van der Waals surface area contributed by atoms with E-state index in [0.29, 0.717) is 17.1 Å². The van der Waals surface area contributed by atoms with Crippen LogP contribution < -0.4 is 5.32 Å². The number of oxime groups is 1. The minimum Gasteiger partial charge on any atom is -0.442 e. The molecule has 1 N–H and O–H groups in total. The quantitative estimate of drug-likeness (QED) is 0.357. The standard InChI is InChI=1S/C23H21Cl3N2O4S/c1-3-10-27-16(30)9-8-15(29)20-13-7-5-4-6-12(13)19(33-20)14-11-23(2,32-28-14)21-17(24)18(25)22(26)31-21/h1H,4-11H2,2H3,(H,27,30). The minimum atomic E-state index is -0.964. The van der Waals surface area contributed by atoms with Gasteiger partial charge >= 0.3 is 0 Å². The molecule has 4 rings (SSSR count). The summed E-state index contributed by atoms with van der Waals surface area (Å²) in [6.45, 7) is 1.96. The number of furan rings is 1. The SMILES string of the molecule is C#CCNC(=O)CCC(=O)c1sc(C2=NOC(C)(c3oc(Cl)c(Cl)c3Cl)C2)c2c1CCCC2. The van der Waals surface area contributed by atoms with Crippen molar-refractivity contribution in [1.82, 2.24) is 5.32 Å². The predicted octanol–water partition coefficient (Wildman–Crippen LogP) is 5.93. The van der Waals surface area contributed by atoms with Crippen molar-refractivity contribution in [1.29, 1.82) is 0 Å². The Labute approximate surface area is 210 Å². The molecule has 0 radical (unpaired) electrons. The first-order valence-corrected chi connectivity index (χ1v) is 12.5. The molecule has 2 aromatic rings. The number of hydrogen-bond donors (Lipinski definition) is 1. The van der Waals surface area contributed by atoms with Gasteiger partial charge in [0.05, 0.1) is 16.3 Å². The summed E-state index contributed by atoms with van der Waals surface area (Å²) in [5.41, 5.74) is 1.97. The van der Waals surface area contributed by atoms with Gasteiger partial charge in [0, 0.05) is 19.3 Å². The Morgan fingerprint density at radius 3 is 2.58 bits per heavy atom. The lowest BCUT2D eigenvalue weighted by Gasteiger charge is -2.19. The number of nitrogens with zero attached hydrogens (tertiary/aromatic N) is 1. The van der Waals surface area contributed by atoms with E-state index >= 15 is 0 Å². The van der Waals surface area contributed by atoms with Crippen LogP contribution >= 0.6 is 46.1 Å². The molecule has 0 saturated carbocycles. The molecule has 1 atom stereocenters. The number of fused-ring (bicyclic) bond motifs is 1. The molecule has 0 spiro atoms. The van der Waals surface area contributed by atoms with Crippen LogP contribution in [-0.4, -0.2) is 23.9 Å². The van der Waals surface area contributed by atoms with Crippen LogP contribution in [0.5, 0.6) is 0 Å². The Kier molecular flexibility index (Phi) is 7.11. The zero-order valence-corrected chi connectivity index (χ0v) is 20.9. The van der Waals surface area contributed by atoms with Crippen molar-refractivity contribution in [3.8, 4) is 12.3 Å². The molecule has 0 fully saturated rings. The lowest BCUT2D eigenvalue weighted by atomic mass is 9.88. The van der Waals surface area contributed by atoms with Crippen molar-refractivity contribution in [2.45, 2.75) is 57.5 Å². The maximum atomic E-state index is 13.0. The fourth-order valence-corrected chi connectivity index (χ4v) is 6.17. The van der Waals surface area contributed by atoms with Gasteiger partial charge in [-0.3, -0.25) is 9.59 Å². The van der Waals surface area contributed by atoms with Crippen LogP contribution in [-0.2, 0) is 28.1 Å². The molecule has 1 aliphatic carbocycles. The molecule has 174 valence electrons. The molecule has 10 heteroatoms. The third-order valence-corrected chi connectivity index (χ3v) is 8.35. The average Bonchev–Trinajstić information content (AvgIpc) is 3.47. The van der Waals surface area contributed by atoms with Crippen molar-refractivity contribution in [3.63, 3.8) is 0 Å². The van der Waals surface area contributed by atoms with E-state index in [1.165, 1.54) is 11.3 Å². The number of amides is 1. The highest BCUT2D eigenvalue weighted by Crippen LogP contribution is 2.47. The van der Waals surface area contributed by atoms with Crippen LogP contribution in [0, 0.1) is 12.3 Å². The zero-order valence-electron chi connectivity index (χ0n) is 17.9. The lowest BCUT2D eigenvalue weighted by Crippen LogP contribution is -2.23. The van der Waals surface area contributed by atoms with Crippen LogP contribution in [0.15, 0.2) is 9.57 Å². The summed E-state index contributed by atoms with van der Waals surface area (Å²) in [6, 6.07) is 0. The molecule has 0 aromatic carbocycles. The summed E-state index contributed by atoms with van der Waals surface area (Å²) >= 11 is 19.8. The molecular weight excluding hydrogens is 507 g/mol. The molecule has 1 unspecified atom stereocenters.